The molecule has 4 aliphatic carbocycles. The highest BCUT2D eigenvalue weighted by molar-refractivity contribution is 6.73. The summed E-state index contributed by atoms with van der Waals surface area (Å²) in [6, 6.07) is 3.52. The minimum absolute atomic E-state index is 0.279. The molecule has 0 heterocycles. The van der Waals surface area contributed by atoms with Gasteiger partial charge in [0, 0.05) is 0 Å². The lowest BCUT2D eigenvalue weighted by Crippen LogP contribution is -2.52. The quantitative estimate of drug-likeness (QED) is 0.340. The second kappa shape index (κ2) is 8.67. The monoisotopic (exact) mass is 432 g/mol. The van der Waals surface area contributed by atoms with E-state index in [0.717, 1.165) is 23.7 Å². The molecule has 4 aliphatic rings. The Morgan fingerprint density at radius 2 is 1.60 bits per heavy atom. The molecule has 3 fully saturated rings. The Kier molecular flexibility index (Phi) is 6.66. The van der Waals surface area contributed by atoms with Gasteiger partial charge in [0.05, 0.1) is 12.7 Å². The van der Waals surface area contributed by atoms with Crippen LogP contribution in [0.4, 0.5) is 0 Å². The molecular weight excluding hydrogens is 384 g/mol. The summed E-state index contributed by atoms with van der Waals surface area (Å²) in [6.45, 7) is 12.6. The van der Waals surface area contributed by atoms with Crippen molar-refractivity contribution < 1.29 is 9.53 Å². The largest absolute Gasteiger partial charge is 0.414 e. The molecule has 2 nitrogen and oxygen atoms in total. The Hall–Kier alpha value is -0.123. The van der Waals surface area contributed by atoms with Crippen LogP contribution in [-0.4, -0.2) is 26.1 Å². The Bertz CT molecular complexity index is 620. The third-order valence-electron chi connectivity index (χ3n) is 11.1. The van der Waals surface area contributed by atoms with Crippen LogP contribution in [0.5, 0.6) is 0 Å². The molecule has 0 aromatic rings. The van der Waals surface area contributed by atoms with Crippen LogP contribution in [-0.2, 0) is 4.43 Å². The summed E-state index contributed by atoms with van der Waals surface area (Å²) < 4.78 is 6.54. The SMILES string of the molecule is CC[Si](CC)(CC)OCC(O)[C@H]1CC[C@H]2[C@@H]3C=CC4CCCC[C@]4(C)[C@H]3CC[C@]12C. The molecule has 172 valence electrons. The number of fused-ring (bicyclic) bond motifs is 5. The second-order valence-corrected chi connectivity index (χ2v) is 16.7. The lowest BCUT2D eigenvalue weighted by molar-refractivity contribution is -0.0808. The summed E-state index contributed by atoms with van der Waals surface area (Å²) in [7, 11) is -1.63. The summed E-state index contributed by atoms with van der Waals surface area (Å²) in [4.78, 5) is 0. The highest BCUT2D eigenvalue weighted by atomic mass is 28.4. The van der Waals surface area contributed by atoms with E-state index in [2.05, 4.69) is 46.8 Å². The number of hydrogen-bond donors (Lipinski definition) is 1. The van der Waals surface area contributed by atoms with Crippen LogP contribution in [0.15, 0.2) is 12.2 Å². The minimum atomic E-state index is -1.63. The van der Waals surface area contributed by atoms with Crippen molar-refractivity contribution in [3.05, 3.63) is 12.2 Å². The van der Waals surface area contributed by atoms with Crippen molar-refractivity contribution in [1.82, 2.24) is 0 Å². The van der Waals surface area contributed by atoms with Gasteiger partial charge in [-0.1, -0.05) is 59.6 Å². The van der Waals surface area contributed by atoms with Crippen LogP contribution in [0.25, 0.3) is 0 Å². The molecule has 4 rings (SSSR count). The number of rotatable bonds is 7. The van der Waals surface area contributed by atoms with Crippen molar-refractivity contribution in [2.75, 3.05) is 6.61 Å². The van der Waals surface area contributed by atoms with Crippen molar-refractivity contribution in [2.24, 2.45) is 40.4 Å². The molecule has 0 amide bonds. The van der Waals surface area contributed by atoms with Gasteiger partial charge < -0.3 is 9.53 Å². The zero-order valence-corrected chi connectivity index (χ0v) is 21.5. The van der Waals surface area contributed by atoms with E-state index in [4.69, 9.17) is 4.43 Å². The molecule has 0 bridgehead atoms. The van der Waals surface area contributed by atoms with Gasteiger partial charge in [0.2, 0.25) is 0 Å². The first-order valence-corrected chi connectivity index (χ1v) is 15.9. The third kappa shape index (κ3) is 3.59. The number of hydrogen-bond acceptors (Lipinski definition) is 2. The summed E-state index contributed by atoms with van der Waals surface area (Å²) >= 11 is 0. The summed E-state index contributed by atoms with van der Waals surface area (Å²) in [5.74, 6) is 3.63. The summed E-state index contributed by atoms with van der Waals surface area (Å²) in [5, 5.41) is 11.3. The van der Waals surface area contributed by atoms with Crippen LogP contribution in [0.3, 0.4) is 0 Å². The molecular formula is C27H48O2Si. The van der Waals surface area contributed by atoms with E-state index < -0.39 is 8.32 Å². The Balaban J connectivity index is 1.48. The van der Waals surface area contributed by atoms with E-state index >= 15 is 0 Å². The molecule has 0 aromatic carbocycles. The van der Waals surface area contributed by atoms with E-state index in [1.807, 2.05) is 0 Å². The van der Waals surface area contributed by atoms with Gasteiger partial charge >= 0.3 is 0 Å². The average Bonchev–Trinajstić information content (AvgIpc) is 3.12. The molecule has 2 unspecified atom stereocenters. The molecule has 1 N–H and O–H groups in total. The second-order valence-electron chi connectivity index (χ2n) is 11.9. The van der Waals surface area contributed by atoms with Crippen LogP contribution in [0.2, 0.25) is 18.1 Å². The highest BCUT2D eigenvalue weighted by Gasteiger charge is 2.59. The first-order chi connectivity index (χ1) is 14.3. The Morgan fingerprint density at radius 1 is 0.900 bits per heavy atom. The van der Waals surface area contributed by atoms with Crippen LogP contribution < -0.4 is 0 Å². The molecule has 0 aliphatic heterocycles. The van der Waals surface area contributed by atoms with Crippen LogP contribution in [0.1, 0.15) is 86.0 Å². The van der Waals surface area contributed by atoms with Crippen molar-refractivity contribution in [3.8, 4) is 0 Å². The molecule has 0 saturated heterocycles. The van der Waals surface area contributed by atoms with Crippen molar-refractivity contribution in [2.45, 2.75) is 110 Å². The fraction of sp³-hybridized carbons (Fsp3) is 0.926. The zero-order chi connectivity index (χ0) is 21.6. The highest BCUT2D eigenvalue weighted by Crippen LogP contribution is 2.66. The maximum atomic E-state index is 11.3. The first-order valence-electron chi connectivity index (χ1n) is 13.3. The van der Waals surface area contributed by atoms with Crippen molar-refractivity contribution in [1.29, 1.82) is 0 Å². The fourth-order valence-corrected chi connectivity index (χ4v) is 11.4. The Morgan fingerprint density at radius 3 is 2.30 bits per heavy atom. The fourth-order valence-electron chi connectivity index (χ4n) is 8.76. The molecule has 30 heavy (non-hydrogen) atoms. The molecule has 0 aromatic heterocycles. The zero-order valence-electron chi connectivity index (χ0n) is 20.5. The van der Waals surface area contributed by atoms with E-state index in [9.17, 15) is 5.11 Å². The van der Waals surface area contributed by atoms with E-state index in [0.29, 0.717) is 23.4 Å². The third-order valence-corrected chi connectivity index (χ3v) is 15.7. The summed E-state index contributed by atoms with van der Waals surface area (Å²) in [6.07, 6.45) is 15.9. The topological polar surface area (TPSA) is 29.5 Å². The molecule has 8 atom stereocenters. The van der Waals surface area contributed by atoms with Gasteiger partial charge in [-0.05, 0) is 97.1 Å². The van der Waals surface area contributed by atoms with Gasteiger partial charge in [-0.15, -0.1) is 0 Å². The lowest BCUT2D eigenvalue weighted by atomic mass is 9.46. The molecule has 3 saturated carbocycles. The van der Waals surface area contributed by atoms with Crippen LogP contribution >= 0.6 is 0 Å². The first kappa shape index (κ1) is 23.0. The number of aliphatic hydroxyl groups excluding tert-OH is 1. The minimum Gasteiger partial charge on any atom is -0.414 e. The van der Waals surface area contributed by atoms with E-state index in [1.54, 1.807) is 0 Å². The molecule has 0 radical (unpaired) electrons. The molecule has 0 spiro atoms. The van der Waals surface area contributed by atoms with Crippen molar-refractivity contribution >= 4 is 8.32 Å². The van der Waals surface area contributed by atoms with Gasteiger partial charge in [-0.2, -0.15) is 0 Å². The summed E-state index contributed by atoms with van der Waals surface area (Å²) in [5.41, 5.74) is 0.828. The normalized spacial score (nSPS) is 44.3. The lowest BCUT2D eigenvalue weighted by Gasteiger charge is -2.58. The van der Waals surface area contributed by atoms with Gasteiger partial charge in [-0.25, -0.2) is 0 Å². The van der Waals surface area contributed by atoms with E-state index in [-0.39, 0.29) is 6.10 Å². The Labute approximate surface area is 187 Å². The predicted octanol–water partition coefficient (Wildman–Crippen LogP) is 7.19. The predicted molar refractivity (Wildman–Crippen MR) is 129 cm³/mol. The van der Waals surface area contributed by atoms with Crippen molar-refractivity contribution in [3.63, 3.8) is 0 Å². The van der Waals surface area contributed by atoms with Gasteiger partial charge in [0.15, 0.2) is 8.32 Å². The number of aliphatic hydroxyl groups is 1. The number of allylic oxidation sites excluding steroid dienone is 2. The van der Waals surface area contributed by atoms with Crippen LogP contribution in [0, 0.1) is 40.4 Å². The average molecular weight is 433 g/mol. The smallest absolute Gasteiger partial charge is 0.192 e. The van der Waals surface area contributed by atoms with Gasteiger partial charge in [0.25, 0.3) is 0 Å². The maximum Gasteiger partial charge on any atom is 0.192 e. The van der Waals surface area contributed by atoms with Gasteiger partial charge in [-0.3, -0.25) is 0 Å². The molecule has 3 heteroatoms. The van der Waals surface area contributed by atoms with E-state index in [1.165, 1.54) is 69.5 Å². The van der Waals surface area contributed by atoms with Gasteiger partial charge in [0.1, 0.15) is 0 Å². The maximum absolute atomic E-state index is 11.3. The standard InChI is InChI=1S/C27H48O2Si/c1-6-30(7-2,8-3)29-19-25(28)24-15-14-22-21-13-12-20-11-9-10-17-26(20,4)23(21)16-18-27(22,24)5/h12-13,20-25,28H,6-11,14-19H2,1-5H3/t20?,21-,22-,23-,24+,25?,26-,27-/m0/s1.